The van der Waals surface area contributed by atoms with Gasteiger partial charge in [0.25, 0.3) is 0 Å². The van der Waals surface area contributed by atoms with Crippen LogP contribution in [0.25, 0.3) is 0 Å². The number of carbonyl (C=O) groups excluding carboxylic acids is 3. The summed E-state index contributed by atoms with van der Waals surface area (Å²) in [5, 5.41) is 5.43. The molecule has 0 aromatic heterocycles. The van der Waals surface area contributed by atoms with Gasteiger partial charge in [0, 0.05) is 19.4 Å². The molecule has 1 aromatic rings. The zero-order chi connectivity index (χ0) is 21.3. The third kappa shape index (κ3) is 9.02. The second-order valence-electron chi connectivity index (χ2n) is 8.48. The van der Waals surface area contributed by atoms with Crippen molar-refractivity contribution in [3.63, 3.8) is 0 Å². The third-order valence-electron chi connectivity index (χ3n) is 4.12. The molecular formula is C22H34N2O4. The Labute approximate surface area is 168 Å². The summed E-state index contributed by atoms with van der Waals surface area (Å²) in [6.45, 7) is 9.38. The first-order valence-electron chi connectivity index (χ1n) is 9.79. The molecule has 0 heterocycles. The number of hydrogen-bond acceptors (Lipinski definition) is 4. The summed E-state index contributed by atoms with van der Waals surface area (Å²) in [6.07, 6.45) is 0.914. The Balaban J connectivity index is 2.88. The van der Waals surface area contributed by atoms with Crippen LogP contribution >= 0.6 is 0 Å². The molecule has 0 fully saturated rings. The van der Waals surface area contributed by atoms with Crippen molar-refractivity contribution in [3.05, 3.63) is 35.9 Å². The van der Waals surface area contributed by atoms with Crippen LogP contribution in [0.2, 0.25) is 0 Å². The Kier molecular flexibility index (Phi) is 9.16. The summed E-state index contributed by atoms with van der Waals surface area (Å²) in [6, 6.07) is 8.80. The number of hydrogen-bond donors (Lipinski definition) is 2. The maximum Gasteiger partial charge on any atom is 0.307 e. The molecule has 0 aliphatic heterocycles. The van der Waals surface area contributed by atoms with E-state index >= 15 is 0 Å². The van der Waals surface area contributed by atoms with E-state index in [4.69, 9.17) is 4.74 Å². The van der Waals surface area contributed by atoms with E-state index in [9.17, 15) is 14.4 Å². The van der Waals surface area contributed by atoms with Gasteiger partial charge in [-0.05, 0) is 38.7 Å². The van der Waals surface area contributed by atoms with Gasteiger partial charge in [-0.3, -0.25) is 14.4 Å². The summed E-state index contributed by atoms with van der Waals surface area (Å²) < 4.78 is 5.37. The molecule has 2 amide bonds. The molecule has 0 bridgehead atoms. The Bertz CT molecular complexity index is 650. The van der Waals surface area contributed by atoms with Crippen LogP contribution in [0.3, 0.4) is 0 Å². The van der Waals surface area contributed by atoms with Gasteiger partial charge in [-0.25, -0.2) is 0 Å². The van der Waals surface area contributed by atoms with Crippen molar-refractivity contribution in [1.29, 1.82) is 0 Å². The monoisotopic (exact) mass is 390 g/mol. The molecule has 28 heavy (non-hydrogen) atoms. The van der Waals surface area contributed by atoms with E-state index < -0.39 is 23.5 Å². The summed E-state index contributed by atoms with van der Waals surface area (Å²) >= 11 is 0. The van der Waals surface area contributed by atoms with Crippen LogP contribution in [0.1, 0.15) is 53.0 Å². The zero-order valence-corrected chi connectivity index (χ0v) is 17.9. The summed E-state index contributed by atoms with van der Waals surface area (Å²) in [5.74, 6) is -1.29. The smallest absolute Gasteiger partial charge is 0.307 e. The van der Waals surface area contributed by atoms with Crippen LogP contribution in [-0.2, 0) is 25.5 Å². The lowest BCUT2D eigenvalue weighted by molar-refractivity contribution is -0.157. The molecule has 6 nitrogen and oxygen atoms in total. The first-order valence-corrected chi connectivity index (χ1v) is 9.79. The molecule has 0 radical (unpaired) electrons. The molecule has 0 spiro atoms. The Morgan fingerprint density at radius 3 is 2.14 bits per heavy atom. The van der Waals surface area contributed by atoms with Crippen LogP contribution in [0, 0.1) is 11.8 Å². The summed E-state index contributed by atoms with van der Waals surface area (Å²) in [7, 11) is 1.54. The van der Waals surface area contributed by atoms with Gasteiger partial charge in [-0.15, -0.1) is 0 Å². The number of nitrogens with one attached hydrogen (secondary N) is 2. The Morgan fingerprint density at radius 2 is 1.64 bits per heavy atom. The zero-order valence-electron chi connectivity index (χ0n) is 17.9. The molecule has 1 aromatic carbocycles. The predicted molar refractivity (Wildman–Crippen MR) is 110 cm³/mol. The number of rotatable bonds is 9. The van der Waals surface area contributed by atoms with Crippen molar-refractivity contribution in [3.8, 4) is 0 Å². The Hall–Kier alpha value is -2.37. The fourth-order valence-corrected chi connectivity index (χ4v) is 2.96. The molecular weight excluding hydrogens is 356 g/mol. The lowest BCUT2D eigenvalue weighted by Gasteiger charge is -2.25. The second kappa shape index (κ2) is 10.8. The van der Waals surface area contributed by atoms with E-state index in [1.165, 1.54) is 0 Å². The van der Waals surface area contributed by atoms with E-state index in [1.54, 1.807) is 27.8 Å². The number of esters is 1. The maximum absolute atomic E-state index is 12.9. The number of carbonyl (C=O) groups is 3. The summed E-state index contributed by atoms with van der Waals surface area (Å²) in [4.78, 5) is 37.4. The Morgan fingerprint density at radius 1 is 1.04 bits per heavy atom. The van der Waals surface area contributed by atoms with Gasteiger partial charge in [-0.2, -0.15) is 0 Å². The predicted octanol–water partition coefficient (Wildman–Crippen LogP) is 2.85. The van der Waals surface area contributed by atoms with Crippen molar-refractivity contribution in [1.82, 2.24) is 10.6 Å². The molecule has 6 heteroatoms. The van der Waals surface area contributed by atoms with Gasteiger partial charge in [0.15, 0.2) is 0 Å². The second-order valence-corrected chi connectivity index (χ2v) is 8.48. The maximum atomic E-state index is 12.9. The summed E-state index contributed by atoms with van der Waals surface area (Å²) in [5.41, 5.74) is 0.345. The minimum absolute atomic E-state index is 0.00686. The molecule has 156 valence electrons. The lowest BCUT2D eigenvalue weighted by atomic mass is 9.92. The highest BCUT2D eigenvalue weighted by molar-refractivity contribution is 5.90. The standard InChI is InChI=1S/C22H34N2O4/c1-15(2)12-17(14-19(25)28-22(3,4)5)20(26)24-18(21(27)23-6)13-16-10-8-7-9-11-16/h7-11,15,17-18H,12-14H2,1-6H3,(H,23,27)(H,24,26). The van der Waals surface area contributed by atoms with E-state index in [1.807, 2.05) is 44.2 Å². The first-order chi connectivity index (χ1) is 13.0. The fourth-order valence-electron chi connectivity index (χ4n) is 2.96. The molecule has 2 unspecified atom stereocenters. The highest BCUT2D eigenvalue weighted by Crippen LogP contribution is 2.19. The first kappa shape index (κ1) is 23.7. The van der Waals surface area contributed by atoms with Crippen LogP contribution in [0.5, 0.6) is 0 Å². The average Bonchev–Trinajstić information content (AvgIpc) is 2.58. The van der Waals surface area contributed by atoms with Gasteiger partial charge in [0.2, 0.25) is 11.8 Å². The van der Waals surface area contributed by atoms with E-state index in [-0.39, 0.29) is 24.2 Å². The van der Waals surface area contributed by atoms with Gasteiger partial charge < -0.3 is 15.4 Å². The van der Waals surface area contributed by atoms with Crippen molar-refractivity contribution >= 4 is 17.8 Å². The largest absolute Gasteiger partial charge is 0.460 e. The third-order valence-corrected chi connectivity index (χ3v) is 4.12. The van der Waals surface area contributed by atoms with Crippen LogP contribution < -0.4 is 10.6 Å². The van der Waals surface area contributed by atoms with Crippen LogP contribution in [0.4, 0.5) is 0 Å². The number of likely N-dealkylation sites (N-methyl/N-ethyl adjacent to an activating group) is 1. The van der Waals surface area contributed by atoms with Gasteiger partial charge in [-0.1, -0.05) is 44.2 Å². The van der Waals surface area contributed by atoms with Crippen LogP contribution in [-0.4, -0.2) is 36.5 Å². The number of ether oxygens (including phenoxy) is 1. The molecule has 2 atom stereocenters. The van der Waals surface area contributed by atoms with Crippen molar-refractivity contribution in [2.45, 2.75) is 65.5 Å². The van der Waals surface area contributed by atoms with Gasteiger partial charge >= 0.3 is 5.97 Å². The number of amides is 2. The topological polar surface area (TPSA) is 84.5 Å². The average molecular weight is 391 g/mol. The minimum Gasteiger partial charge on any atom is -0.460 e. The molecule has 2 N–H and O–H groups in total. The minimum atomic E-state index is -0.701. The molecule has 0 aliphatic rings. The molecule has 0 aliphatic carbocycles. The highest BCUT2D eigenvalue weighted by Gasteiger charge is 2.29. The highest BCUT2D eigenvalue weighted by atomic mass is 16.6. The van der Waals surface area contributed by atoms with Gasteiger partial charge in [0.1, 0.15) is 11.6 Å². The van der Waals surface area contributed by atoms with E-state index in [0.717, 1.165) is 5.56 Å². The van der Waals surface area contributed by atoms with Crippen LogP contribution in [0.15, 0.2) is 30.3 Å². The lowest BCUT2D eigenvalue weighted by Crippen LogP contribution is -2.49. The SMILES string of the molecule is CNC(=O)C(Cc1ccccc1)NC(=O)C(CC(=O)OC(C)(C)C)CC(C)C. The van der Waals surface area contributed by atoms with Crippen molar-refractivity contribution in [2.75, 3.05) is 7.05 Å². The van der Waals surface area contributed by atoms with Crippen molar-refractivity contribution in [2.24, 2.45) is 11.8 Å². The molecule has 0 saturated heterocycles. The van der Waals surface area contributed by atoms with E-state index in [2.05, 4.69) is 10.6 Å². The molecule has 1 rings (SSSR count). The normalized spacial score (nSPS) is 13.5. The number of benzene rings is 1. The molecule has 0 saturated carbocycles. The van der Waals surface area contributed by atoms with E-state index in [0.29, 0.717) is 12.8 Å². The van der Waals surface area contributed by atoms with Gasteiger partial charge in [0.05, 0.1) is 6.42 Å². The fraction of sp³-hybridized carbons (Fsp3) is 0.591. The van der Waals surface area contributed by atoms with Crippen molar-refractivity contribution < 1.29 is 19.1 Å². The quantitative estimate of drug-likeness (QED) is 0.635.